The van der Waals surface area contributed by atoms with Crippen LogP contribution in [0.5, 0.6) is 0 Å². The second-order valence-corrected chi connectivity index (χ2v) is 6.31. The maximum Gasteiger partial charge on any atom is 0.317 e. The molecule has 2 amide bonds. The van der Waals surface area contributed by atoms with Gasteiger partial charge in [0, 0.05) is 30.6 Å². The Bertz CT molecular complexity index is 722. The zero-order valence-corrected chi connectivity index (χ0v) is 13.6. The summed E-state index contributed by atoms with van der Waals surface area (Å²) in [6, 6.07) is 13.9. The molecular formula is C18H18ClFN2O. The summed E-state index contributed by atoms with van der Waals surface area (Å²) in [5, 5.41) is 3.63. The molecule has 0 heterocycles. The van der Waals surface area contributed by atoms with Gasteiger partial charge in [-0.05, 0) is 35.7 Å². The summed E-state index contributed by atoms with van der Waals surface area (Å²) in [7, 11) is 1.73. The summed E-state index contributed by atoms with van der Waals surface area (Å²) in [4.78, 5) is 13.8. The van der Waals surface area contributed by atoms with Gasteiger partial charge in [-0.25, -0.2) is 9.18 Å². The molecule has 0 aliphatic heterocycles. The van der Waals surface area contributed by atoms with Gasteiger partial charge in [-0.15, -0.1) is 0 Å². The molecule has 3 nitrogen and oxygen atoms in total. The van der Waals surface area contributed by atoms with E-state index in [1.165, 1.54) is 12.1 Å². The summed E-state index contributed by atoms with van der Waals surface area (Å²) in [6.07, 6.45) is 0.842. The normalized spacial score (nSPS) is 19.3. The molecule has 23 heavy (non-hydrogen) atoms. The van der Waals surface area contributed by atoms with E-state index in [9.17, 15) is 9.18 Å². The number of urea groups is 1. The van der Waals surface area contributed by atoms with E-state index in [2.05, 4.69) is 5.32 Å². The number of benzene rings is 2. The van der Waals surface area contributed by atoms with E-state index < -0.39 is 0 Å². The molecule has 0 saturated heterocycles. The molecule has 3 rings (SSSR count). The van der Waals surface area contributed by atoms with Crippen molar-refractivity contribution in [1.29, 1.82) is 0 Å². The quantitative estimate of drug-likeness (QED) is 0.895. The zero-order chi connectivity index (χ0) is 16.4. The summed E-state index contributed by atoms with van der Waals surface area (Å²) >= 11 is 6.12. The average Bonchev–Trinajstić information content (AvgIpc) is 3.28. The smallest absolute Gasteiger partial charge is 0.317 e. The highest BCUT2D eigenvalue weighted by molar-refractivity contribution is 6.31. The number of carbonyl (C=O) groups is 1. The number of amides is 2. The molecular weight excluding hydrogens is 315 g/mol. The first-order chi connectivity index (χ1) is 11.0. The van der Waals surface area contributed by atoms with Crippen molar-refractivity contribution >= 4 is 17.6 Å². The molecule has 2 unspecified atom stereocenters. The molecule has 1 aliphatic rings. The highest BCUT2D eigenvalue weighted by atomic mass is 35.5. The Morgan fingerprint density at radius 1 is 1.30 bits per heavy atom. The predicted molar refractivity (Wildman–Crippen MR) is 89.0 cm³/mol. The van der Waals surface area contributed by atoms with Gasteiger partial charge in [0.25, 0.3) is 0 Å². The average molecular weight is 333 g/mol. The number of hydrogen-bond donors (Lipinski definition) is 1. The Balaban J connectivity index is 1.55. The largest absolute Gasteiger partial charge is 0.335 e. The number of rotatable bonds is 4. The van der Waals surface area contributed by atoms with E-state index in [-0.39, 0.29) is 23.8 Å². The molecule has 5 heteroatoms. The van der Waals surface area contributed by atoms with Crippen LogP contribution in [0.3, 0.4) is 0 Å². The van der Waals surface area contributed by atoms with E-state index in [0.717, 1.165) is 17.5 Å². The summed E-state index contributed by atoms with van der Waals surface area (Å²) < 4.78 is 13.2. The highest BCUT2D eigenvalue weighted by Crippen LogP contribution is 2.41. The lowest BCUT2D eigenvalue weighted by atomic mass is 10.1. The molecule has 120 valence electrons. The van der Waals surface area contributed by atoms with Crippen molar-refractivity contribution in [3.63, 3.8) is 0 Å². The lowest BCUT2D eigenvalue weighted by Gasteiger charge is -2.19. The van der Waals surface area contributed by atoms with Crippen LogP contribution < -0.4 is 5.32 Å². The standard InChI is InChI=1S/C18H18ClFN2O/c1-22(11-13-5-2-3-8-16(13)19)18(23)21-17-10-15(17)12-6-4-7-14(20)9-12/h2-9,15,17H,10-11H2,1H3,(H,21,23). The molecule has 0 bridgehead atoms. The van der Waals surface area contributed by atoms with Crippen LogP contribution in [0.4, 0.5) is 9.18 Å². The Labute approximate surface area is 140 Å². The van der Waals surface area contributed by atoms with Crippen LogP contribution in [0.25, 0.3) is 0 Å². The summed E-state index contributed by atoms with van der Waals surface area (Å²) in [5.41, 5.74) is 1.84. The van der Waals surface area contributed by atoms with Crippen LogP contribution in [0, 0.1) is 5.82 Å². The second kappa shape index (κ2) is 6.59. The summed E-state index contributed by atoms with van der Waals surface area (Å²) in [6.45, 7) is 0.447. The van der Waals surface area contributed by atoms with E-state index in [1.54, 1.807) is 18.0 Å². The van der Waals surface area contributed by atoms with Crippen LogP contribution in [0.2, 0.25) is 5.02 Å². The van der Waals surface area contributed by atoms with Crippen molar-refractivity contribution in [3.05, 3.63) is 70.5 Å². The molecule has 0 aromatic heterocycles. The first-order valence-electron chi connectivity index (χ1n) is 7.55. The van der Waals surface area contributed by atoms with Crippen molar-refractivity contribution in [1.82, 2.24) is 10.2 Å². The minimum absolute atomic E-state index is 0.0676. The number of nitrogens with one attached hydrogen (secondary N) is 1. The number of nitrogens with zero attached hydrogens (tertiary/aromatic N) is 1. The van der Waals surface area contributed by atoms with Gasteiger partial charge in [-0.3, -0.25) is 0 Å². The molecule has 2 aromatic rings. The fourth-order valence-electron chi connectivity index (χ4n) is 2.68. The fraction of sp³-hybridized carbons (Fsp3) is 0.278. The Kier molecular flexibility index (Phi) is 4.53. The molecule has 1 saturated carbocycles. The van der Waals surface area contributed by atoms with Crippen molar-refractivity contribution < 1.29 is 9.18 Å². The fourth-order valence-corrected chi connectivity index (χ4v) is 2.88. The van der Waals surface area contributed by atoms with Gasteiger partial charge >= 0.3 is 6.03 Å². The van der Waals surface area contributed by atoms with Crippen LogP contribution >= 0.6 is 11.6 Å². The van der Waals surface area contributed by atoms with E-state index in [4.69, 9.17) is 11.6 Å². The van der Waals surface area contributed by atoms with Gasteiger partial charge in [0.15, 0.2) is 0 Å². The maximum atomic E-state index is 13.2. The predicted octanol–water partition coefficient (Wildman–Crippen LogP) is 4.18. The van der Waals surface area contributed by atoms with Gasteiger partial charge in [0.2, 0.25) is 0 Å². The molecule has 1 fully saturated rings. The third-order valence-electron chi connectivity index (χ3n) is 4.09. The van der Waals surface area contributed by atoms with Gasteiger partial charge in [-0.1, -0.05) is 41.9 Å². The maximum absolute atomic E-state index is 13.2. The zero-order valence-electron chi connectivity index (χ0n) is 12.8. The first-order valence-corrected chi connectivity index (χ1v) is 7.93. The van der Waals surface area contributed by atoms with Crippen LogP contribution in [0.15, 0.2) is 48.5 Å². The van der Waals surface area contributed by atoms with E-state index in [0.29, 0.717) is 11.6 Å². The second-order valence-electron chi connectivity index (χ2n) is 5.90. The third-order valence-corrected chi connectivity index (χ3v) is 4.46. The topological polar surface area (TPSA) is 32.3 Å². The van der Waals surface area contributed by atoms with E-state index in [1.807, 2.05) is 30.3 Å². The first kappa shape index (κ1) is 15.8. The SMILES string of the molecule is CN(Cc1ccccc1Cl)C(=O)NC1CC1c1cccc(F)c1. The lowest BCUT2D eigenvalue weighted by Crippen LogP contribution is -2.38. The molecule has 2 atom stereocenters. The Morgan fingerprint density at radius 3 is 2.83 bits per heavy atom. The number of carbonyl (C=O) groups excluding carboxylic acids is 1. The minimum Gasteiger partial charge on any atom is -0.335 e. The number of hydrogen-bond acceptors (Lipinski definition) is 1. The minimum atomic E-state index is -0.240. The molecule has 1 aliphatic carbocycles. The van der Waals surface area contributed by atoms with Crippen LogP contribution in [-0.4, -0.2) is 24.0 Å². The summed E-state index contributed by atoms with van der Waals surface area (Å²) in [5.74, 6) is -0.0429. The van der Waals surface area contributed by atoms with Crippen molar-refractivity contribution in [2.45, 2.75) is 24.9 Å². The highest BCUT2D eigenvalue weighted by Gasteiger charge is 2.40. The van der Waals surface area contributed by atoms with Crippen molar-refractivity contribution in [2.24, 2.45) is 0 Å². The van der Waals surface area contributed by atoms with Gasteiger partial charge in [0.1, 0.15) is 5.82 Å². The van der Waals surface area contributed by atoms with Crippen molar-refractivity contribution in [3.8, 4) is 0 Å². The van der Waals surface area contributed by atoms with Crippen LogP contribution in [-0.2, 0) is 6.54 Å². The molecule has 1 N–H and O–H groups in total. The Hall–Kier alpha value is -2.07. The molecule has 0 radical (unpaired) electrons. The molecule has 2 aromatic carbocycles. The Morgan fingerprint density at radius 2 is 2.09 bits per heavy atom. The van der Waals surface area contributed by atoms with Gasteiger partial charge in [-0.2, -0.15) is 0 Å². The van der Waals surface area contributed by atoms with Gasteiger partial charge in [0.05, 0.1) is 0 Å². The van der Waals surface area contributed by atoms with Crippen LogP contribution in [0.1, 0.15) is 23.5 Å². The lowest BCUT2D eigenvalue weighted by molar-refractivity contribution is 0.206. The van der Waals surface area contributed by atoms with Gasteiger partial charge < -0.3 is 10.2 Å². The number of halogens is 2. The van der Waals surface area contributed by atoms with Crippen molar-refractivity contribution in [2.75, 3.05) is 7.05 Å². The monoisotopic (exact) mass is 332 g/mol. The molecule has 0 spiro atoms. The third kappa shape index (κ3) is 3.82. The van der Waals surface area contributed by atoms with E-state index >= 15 is 0 Å².